The van der Waals surface area contributed by atoms with E-state index in [1.54, 1.807) is 0 Å². The predicted molar refractivity (Wildman–Crippen MR) is 93.3 cm³/mol. The third kappa shape index (κ3) is 2.56. The number of hydrogen-bond donors (Lipinski definition) is 1. The van der Waals surface area contributed by atoms with E-state index in [1.807, 2.05) is 18.2 Å². The van der Waals surface area contributed by atoms with Crippen molar-refractivity contribution >= 4 is 11.6 Å². The molecule has 1 N–H and O–H groups in total. The van der Waals surface area contributed by atoms with Gasteiger partial charge in [-0.2, -0.15) is 0 Å². The Hall–Kier alpha value is -2.09. The zero-order valence-corrected chi connectivity index (χ0v) is 13.5. The molecule has 2 atom stereocenters. The van der Waals surface area contributed by atoms with E-state index in [1.165, 1.54) is 30.4 Å². The number of rotatable bonds is 3. The van der Waals surface area contributed by atoms with Gasteiger partial charge in [-0.15, -0.1) is 0 Å². The van der Waals surface area contributed by atoms with Gasteiger partial charge in [-0.1, -0.05) is 48.9 Å². The lowest BCUT2D eigenvalue weighted by molar-refractivity contribution is -0.135. The Kier molecular flexibility index (Phi) is 3.68. The molecule has 2 unspecified atom stereocenters. The van der Waals surface area contributed by atoms with Crippen molar-refractivity contribution in [2.75, 3.05) is 5.32 Å². The molecule has 4 rings (SSSR count). The normalized spacial score (nSPS) is 28.7. The van der Waals surface area contributed by atoms with Crippen molar-refractivity contribution in [2.45, 2.75) is 32.1 Å². The van der Waals surface area contributed by atoms with Crippen LogP contribution in [0.15, 0.2) is 54.6 Å². The second kappa shape index (κ2) is 5.84. The number of carbonyl (C=O) groups is 1. The standard InChI is InChI=1S/C21H23NO/c1-14-7-5-10-16(13-14)22-21(23)20-17-11-6-12-18(20)19(17)15-8-3-2-4-9-15/h2-5,7-10,13,17-20H,6,11-12H2,1H3,(H,22,23). The van der Waals surface area contributed by atoms with Crippen LogP contribution in [-0.4, -0.2) is 5.91 Å². The molecule has 0 spiro atoms. The van der Waals surface area contributed by atoms with Crippen LogP contribution < -0.4 is 5.32 Å². The molecule has 1 amide bonds. The molecular weight excluding hydrogens is 282 g/mol. The van der Waals surface area contributed by atoms with Gasteiger partial charge in [-0.25, -0.2) is 0 Å². The fraction of sp³-hybridized carbons (Fsp3) is 0.381. The molecule has 2 fully saturated rings. The van der Waals surface area contributed by atoms with Crippen LogP contribution in [0.5, 0.6) is 0 Å². The highest BCUT2D eigenvalue weighted by molar-refractivity contribution is 5.94. The molecule has 0 saturated heterocycles. The van der Waals surface area contributed by atoms with Crippen LogP contribution in [0.25, 0.3) is 0 Å². The predicted octanol–water partition coefficient (Wildman–Crippen LogP) is 4.76. The number of amides is 1. The van der Waals surface area contributed by atoms with Crippen LogP contribution in [0.4, 0.5) is 5.69 Å². The fourth-order valence-electron chi connectivity index (χ4n) is 4.75. The molecule has 2 saturated carbocycles. The summed E-state index contributed by atoms with van der Waals surface area (Å²) in [4.78, 5) is 12.8. The van der Waals surface area contributed by atoms with Crippen molar-refractivity contribution in [2.24, 2.45) is 17.8 Å². The Morgan fingerprint density at radius 1 is 1.00 bits per heavy atom. The average Bonchev–Trinajstić information content (AvgIpc) is 2.56. The van der Waals surface area contributed by atoms with Gasteiger partial charge in [0.25, 0.3) is 0 Å². The van der Waals surface area contributed by atoms with E-state index < -0.39 is 0 Å². The van der Waals surface area contributed by atoms with Gasteiger partial charge in [0.1, 0.15) is 0 Å². The summed E-state index contributed by atoms with van der Waals surface area (Å²) in [5, 5.41) is 3.15. The monoisotopic (exact) mass is 305 g/mol. The Labute approximate surface area is 137 Å². The van der Waals surface area contributed by atoms with Gasteiger partial charge in [0.2, 0.25) is 5.91 Å². The summed E-state index contributed by atoms with van der Waals surface area (Å²) in [7, 11) is 0. The maximum absolute atomic E-state index is 12.8. The summed E-state index contributed by atoms with van der Waals surface area (Å²) >= 11 is 0. The molecule has 2 bridgehead atoms. The Bertz CT molecular complexity index is 697. The molecule has 118 valence electrons. The molecule has 2 aliphatic rings. The van der Waals surface area contributed by atoms with Gasteiger partial charge in [0.05, 0.1) is 0 Å². The lowest BCUT2D eigenvalue weighted by Gasteiger charge is -2.55. The summed E-state index contributed by atoms with van der Waals surface area (Å²) in [6.07, 6.45) is 3.64. The highest BCUT2D eigenvalue weighted by Crippen LogP contribution is 2.60. The largest absolute Gasteiger partial charge is 0.326 e. The second-order valence-corrected chi connectivity index (χ2v) is 7.08. The number of anilines is 1. The summed E-state index contributed by atoms with van der Waals surface area (Å²) in [6, 6.07) is 18.8. The molecule has 0 aromatic heterocycles. The van der Waals surface area contributed by atoms with Gasteiger partial charge < -0.3 is 5.32 Å². The maximum atomic E-state index is 12.8. The number of carbonyl (C=O) groups excluding carboxylic acids is 1. The molecule has 2 nitrogen and oxygen atoms in total. The summed E-state index contributed by atoms with van der Waals surface area (Å²) in [6.45, 7) is 2.05. The van der Waals surface area contributed by atoms with Crippen molar-refractivity contribution < 1.29 is 4.79 Å². The van der Waals surface area contributed by atoms with Crippen molar-refractivity contribution in [1.82, 2.24) is 0 Å². The third-order valence-electron chi connectivity index (χ3n) is 5.69. The van der Waals surface area contributed by atoms with E-state index in [2.05, 4.69) is 48.6 Å². The Balaban J connectivity index is 1.51. The molecule has 2 heteroatoms. The van der Waals surface area contributed by atoms with Gasteiger partial charge in [-0.05, 0) is 60.8 Å². The van der Waals surface area contributed by atoms with Crippen LogP contribution in [0.2, 0.25) is 0 Å². The minimum absolute atomic E-state index is 0.189. The number of nitrogens with one attached hydrogen (secondary N) is 1. The van der Waals surface area contributed by atoms with Crippen LogP contribution >= 0.6 is 0 Å². The summed E-state index contributed by atoms with van der Waals surface area (Å²) in [5.41, 5.74) is 3.52. The zero-order chi connectivity index (χ0) is 15.8. The van der Waals surface area contributed by atoms with E-state index in [0.717, 1.165) is 5.69 Å². The first-order valence-corrected chi connectivity index (χ1v) is 8.66. The van der Waals surface area contributed by atoms with Gasteiger partial charge in [0.15, 0.2) is 0 Å². The molecule has 2 aromatic rings. The van der Waals surface area contributed by atoms with E-state index in [0.29, 0.717) is 17.8 Å². The van der Waals surface area contributed by atoms with Crippen LogP contribution in [-0.2, 0) is 4.79 Å². The van der Waals surface area contributed by atoms with E-state index >= 15 is 0 Å². The Morgan fingerprint density at radius 3 is 2.43 bits per heavy atom. The fourth-order valence-corrected chi connectivity index (χ4v) is 4.75. The lowest BCUT2D eigenvalue weighted by atomic mass is 9.48. The second-order valence-electron chi connectivity index (χ2n) is 7.08. The van der Waals surface area contributed by atoms with Crippen LogP contribution in [0.3, 0.4) is 0 Å². The minimum Gasteiger partial charge on any atom is -0.326 e. The number of benzene rings is 2. The smallest absolute Gasteiger partial charge is 0.228 e. The van der Waals surface area contributed by atoms with Crippen molar-refractivity contribution in [1.29, 1.82) is 0 Å². The average molecular weight is 305 g/mol. The first kappa shape index (κ1) is 14.5. The first-order valence-electron chi connectivity index (χ1n) is 8.66. The molecule has 2 aliphatic carbocycles. The van der Waals surface area contributed by atoms with Crippen molar-refractivity contribution in [3.05, 3.63) is 65.7 Å². The van der Waals surface area contributed by atoms with E-state index in [4.69, 9.17) is 0 Å². The third-order valence-corrected chi connectivity index (χ3v) is 5.69. The molecule has 0 heterocycles. The highest BCUT2D eigenvalue weighted by Gasteiger charge is 2.55. The zero-order valence-electron chi connectivity index (χ0n) is 13.5. The summed E-state index contributed by atoms with van der Waals surface area (Å²) in [5.74, 6) is 2.02. The number of aryl methyl sites for hydroxylation is 1. The quantitative estimate of drug-likeness (QED) is 0.870. The minimum atomic E-state index is 0.189. The lowest BCUT2D eigenvalue weighted by Crippen LogP contribution is -2.53. The molecule has 23 heavy (non-hydrogen) atoms. The van der Waals surface area contributed by atoms with E-state index in [-0.39, 0.29) is 11.8 Å². The Morgan fingerprint density at radius 2 is 1.74 bits per heavy atom. The number of fused-ring (bicyclic) bond motifs is 2. The SMILES string of the molecule is Cc1cccc(NC(=O)C2C3CCCC2C3c2ccccc2)c1. The summed E-state index contributed by atoms with van der Waals surface area (Å²) < 4.78 is 0. The topological polar surface area (TPSA) is 29.1 Å². The van der Waals surface area contributed by atoms with Crippen LogP contribution in [0, 0.1) is 24.7 Å². The molecule has 0 radical (unpaired) electrons. The molecule has 2 aromatic carbocycles. The number of hydrogen-bond acceptors (Lipinski definition) is 1. The van der Waals surface area contributed by atoms with Gasteiger partial charge in [0, 0.05) is 11.6 Å². The maximum Gasteiger partial charge on any atom is 0.228 e. The highest BCUT2D eigenvalue weighted by atomic mass is 16.2. The van der Waals surface area contributed by atoms with E-state index in [9.17, 15) is 4.79 Å². The van der Waals surface area contributed by atoms with Crippen LogP contribution in [0.1, 0.15) is 36.3 Å². The van der Waals surface area contributed by atoms with Gasteiger partial charge in [-0.3, -0.25) is 4.79 Å². The van der Waals surface area contributed by atoms with Gasteiger partial charge >= 0.3 is 0 Å². The molecular formula is C21H23NO. The van der Waals surface area contributed by atoms with Crippen molar-refractivity contribution in [3.63, 3.8) is 0 Å². The van der Waals surface area contributed by atoms with Crippen molar-refractivity contribution in [3.8, 4) is 0 Å². The first-order chi connectivity index (χ1) is 11.2. The molecule has 0 aliphatic heterocycles.